The fraction of sp³-hybridized carbons (Fsp3) is 1.00. The third-order valence-electron chi connectivity index (χ3n) is 1.02. The zero-order valence-electron chi connectivity index (χ0n) is 6.04. The molecule has 0 aromatic carbocycles. The fourth-order valence-corrected chi connectivity index (χ4v) is 0.526. The average Bonchev–Trinajstić information content (AvgIpc) is 1.87. The molecule has 0 aliphatic heterocycles. The van der Waals surface area contributed by atoms with E-state index < -0.39 is 19.1 Å². The summed E-state index contributed by atoms with van der Waals surface area (Å²) < 4.78 is 27.2. The molecule has 1 atom stereocenters. The predicted molar refractivity (Wildman–Crippen MR) is 34.5 cm³/mol. The Hall–Kier alpha value is -0.260. The van der Waals surface area contributed by atoms with Crippen LogP contribution in [0.25, 0.3) is 0 Å². The standard InChI is InChI=1S/C6H12F2O3/c7-6(8)4-11-3-5(10)1-2-9/h5-6,9-10H,1-4H2. The maximum absolute atomic E-state index is 11.4. The number of aliphatic hydroxyl groups excluding tert-OH is 2. The molecule has 0 aromatic rings. The lowest BCUT2D eigenvalue weighted by molar-refractivity contribution is -0.0248. The number of ether oxygens (including phenoxy) is 1. The lowest BCUT2D eigenvalue weighted by Crippen LogP contribution is -2.18. The Bertz CT molecular complexity index is 89.9. The van der Waals surface area contributed by atoms with E-state index in [0.29, 0.717) is 0 Å². The quantitative estimate of drug-likeness (QED) is 0.590. The van der Waals surface area contributed by atoms with Gasteiger partial charge >= 0.3 is 0 Å². The molecule has 0 saturated carbocycles. The molecule has 0 aliphatic rings. The van der Waals surface area contributed by atoms with E-state index in [1.54, 1.807) is 0 Å². The van der Waals surface area contributed by atoms with Crippen LogP contribution >= 0.6 is 0 Å². The van der Waals surface area contributed by atoms with Crippen molar-refractivity contribution < 1.29 is 23.7 Å². The second-order valence-corrected chi connectivity index (χ2v) is 2.09. The van der Waals surface area contributed by atoms with E-state index in [4.69, 9.17) is 10.2 Å². The summed E-state index contributed by atoms with van der Waals surface area (Å²) in [5.41, 5.74) is 0. The molecule has 2 N–H and O–H groups in total. The summed E-state index contributed by atoms with van der Waals surface area (Å²) in [7, 11) is 0. The first kappa shape index (κ1) is 10.7. The summed E-state index contributed by atoms with van der Waals surface area (Å²) in [6.07, 6.45) is -3.20. The maximum atomic E-state index is 11.4. The van der Waals surface area contributed by atoms with Crippen molar-refractivity contribution in [3.05, 3.63) is 0 Å². The molecule has 1 unspecified atom stereocenters. The molecule has 0 saturated heterocycles. The SMILES string of the molecule is OCCC(O)COCC(F)F. The van der Waals surface area contributed by atoms with E-state index in [2.05, 4.69) is 4.74 Å². The van der Waals surface area contributed by atoms with Gasteiger partial charge in [-0.3, -0.25) is 0 Å². The van der Waals surface area contributed by atoms with Crippen LogP contribution in [0, 0.1) is 0 Å². The highest BCUT2D eigenvalue weighted by molar-refractivity contribution is 4.51. The van der Waals surface area contributed by atoms with Crippen LogP contribution in [0.4, 0.5) is 8.78 Å². The van der Waals surface area contributed by atoms with Gasteiger partial charge in [-0.05, 0) is 6.42 Å². The lowest BCUT2D eigenvalue weighted by Gasteiger charge is -2.08. The maximum Gasteiger partial charge on any atom is 0.261 e. The van der Waals surface area contributed by atoms with Gasteiger partial charge in [-0.1, -0.05) is 0 Å². The lowest BCUT2D eigenvalue weighted by atomic mass is 10.3. The summed E-state index contributed by atoms with van der Waals surface area (Å²) in [5.74, 6) is 0. The van der Waals surface area contributed by atoms with E-state index in [-0.39, 0.29) is 19.6 Å². The summed E-state index contributed by atoms with van der Waals surface area (Å²) in [6.45, 7) is -0.980. The second-order valence-electron chi connectivity index (χ2n) is 2.09. The predicted octanol–water partition coefficient (Wildman–Crippen LogP) is 0.0114. The van der Waals surface area contributed by atoms with Crippen molar-refractivity contribution in [1.82, 2.24) is 0 Å². The minimum Gasteiger partial charge on any atom is -0.396 e. The molecule has 5 heteroatoms. The van der Waals surface area contributed by atoms with Gasteiger partial charge in [-0.2, -0.15) is 0 Å². The molecule has 0 aromatic heterocycles. The van der Waals surface area contributed by atoms with Crippen LogP contribution < -0.4 is 0 Å². The van der Waals surface area contributed by atoms with E-state index in [9.17, 15) is 8.78 Å². The van der Waals surface area contributed by atoms with Gasteiger partial charge in [-0.25, -0.2) is 8.78 Å². The topological polar surface area (TPSA) is 49.7 Å². The Morgan fingerprint density at radius 1 is 1.27 bits per heavy atom. The Morgan fingerprint density at radius 2 is 1.91 bits per heavy atom. The normalized spacial score (nSPS) is 13.9. The number of rotatable bonds is 6. The molecule has 11 heavy (non-hydrogen) atoms. The number of hydrogen-bond donors (Lipinski definition) is 2. The smallest absolute Gasteiger partial charge is 0.261 e. The molecule has 0 fully saturated rings. The van der Waals surface area contributed by atoms with Gasteiger partial charge in [0, 0.05) is 6.61 Å². The number of halogens is 2. The van der Waals surface area contributed by atoms with Crippen molar-refractivity contribution in [2.45, 2.75) is 19.0 Å². The highest BCUT2D eigenvalue weighted by Crippen LogP contribution is 1.95. The summed E-state index contributed by atoms with van der Waals surface area (Å²) in [6, 6.07) is 0. The zero-order valence-corrected chi connectivity index (χ0v) is 6.04. The van der Waals surface area contributed by atoms with Crippen molar-refractivity contribution in [3.8, 4) is 0 Å². The van der Waals surface area contributed by atoms with Crippen LogP contribution in [-0.2, 0) is 4.74 Å². The van der Waals surface area contributed by atoms with Gasteiger partial charge in [0.05, 0.1) is 12.7 Å². The van der Waals surface area contributed by atoms with Crippen molar-refractivity contribution >= 4 is 0 Å². The number of aliphatic hydroxyl groups is 2. The molecule has 0 aliphatic carbocycles. The Balaban J connectivity index is 3.10. The molecular formula is C6H12F2O3. The molecule has 0 bridgehead atoms. The fourth-order valence-electron chi connectivity index (χ4n) is 0.526. The zero-order chi connectivity index (χ0) is 8.69. The monoisotopic (exact) mass is 170 g/mol. The third kappa shape index (κ3) is 7.64. The van der Waals surface area contributed by atoms with Crippen LogP contribution in [0.1, 0.15) is 6.42 Å². The number of hydrogen-bond acceptors (Lipinski definition) is 3. The molecule has 3 nitrogen and oxygen atoms in total. The summed E-state index contributed by atoms with van der Waals surface area (Å²) in [5, 5.41) is 17.1. The highest BCUT2D eigenvalue weighted by atomic mass is 19.3. The van der Waals surface area contributed by atoms with Gasteiger partial charge in [0.15, 0.2) is 0 Å². The molecule has 0 heterocycles. The molecule has 0 radical (unpaired) electrons. The molecular weight excluding hydrogens is 158 g/mol. The van der Waals surface area contributed by atoms with E-state index >= 15 is 0 Å². The van der Waals surface area contributed by atoms with Gasteiger partial charge in [-0.15, -0.1) is 0 Å². The summed E-state index contributed by atoms with van der Waals surface area (Å²) >= 11 is 0. The third-order valence-corrected chi connectivity index (χ3v) is 1.02. The Kier molecular flexibility index (Phi) is 6.30. The van der Waals surface area contributed by atoms with Crippen molar-refractivity contribution in [3.63, 3.8) is 0 Å². The van der Waals surface area contributed by atoms with Crippen LogP contribution in [-0.4, -0.2) is 42.6 Å². The average molecular weight is 170 g/mol. The molecule has 0 rings (SSSR count). The first-order valence-electron chi connectivity index (χ1n) is 3.31. The van der Waals surface area contributed by atoms with Gasteiger partial charge in [0.1, 0.15) is 6.61 Å². The first-order valence-corrected chi connectivity index (χ1v) is 3.31. The minimum atomic E-state index is -2.50. The van der Waals surface area contributed by atoms with E-state index in [1.165, 1.54) is 0 Å². The van der Waals surface area contributed by atoms with Crippen LogP contribution in [0.2, 0.25) is 0 Å². The molecule has 0 amide bonds. The highest BCUT2D eigenvalue weighted by Gasteiger charge is 2.06. The van der Waals surface area contributed by atoms with E-state index in [1.807, 2.05) is 0 Å². The van der Waals surface area contributed by atoms with E-state index in [0.717, 1.165) is 0 Å². The van der Waals surface area contributed by atoms with Crippen LogP contribution in [0.15, 0.2) is 0 Å². The minimum absolute atomic E-state index is 0.148. The van der Waals surface area contributed by atoms with Crippen molar-refractivity contribution in [2.75, 3.05) is 19.8 Å². The van der Waals surface area contributed by atoms with Crippen molar-refractivity contribution in [2.24, 2.45) is 0 Å². The molecule has 68 valence electrons. The van der Waals surface area contributed by atoms with Crippen LogP contribution in [0.5, 0.6) is 0 Å². The summed E-state index contributed by atoms with van der Waals surface area (Å²) in [4.78, 5) is 0. The first-order chi connectivity index (χ1) is 5.16. The van der Waals surface area contributed by atoms with Gasteiger partial charge in [0.25, 0.3) is 6.43 Å². The Labute approximate surface area is 63.6 Å². The largest absolute Gasteiger partial charge is 0.396 e. The number of alkyl halides is 2. The van der Waals surface area contributed by atoms with Crippen LogP contribution in [0.3, 0.4) is 0 Å². The Morgan fingerprint density at radius 3 is 2.36 bits per heavy atom. The molecule has 0 spiro atoms. The van der Waals surface area contributed by atoms with Crippen molar-refractivity contribution in [1.29, 1.82) is 0 Å². The second kappa shape index (κ2) is 6.45. The van der Waals surface area contributed by atoms with Gasteiger partial charge < -0.3 is 14.9 Å². The van der Waals surface area contributed by atoms with Gasteiger partial charge in [0.2, 0.25) is 0 Å².